The van der Waals surface area contributed by atoms with Crippen molar-refractivity contribution in [1.82, 2.24) is 19.9 Å². The van der Waals surface area contributed by atoms with Crippen LogP contribution in [0.25, 0.3) is 0 Å². The number of hydrogen-bond donors (Lipinski definition) is 1. The fourth-order valence-electron chi connectivity index (χ4n) is 9.40. The average molecular weight is 799 g/mol. The minimum absolute atomic E-state index is 0.0656. The number of carbonyl (C=O) groups is 1. The van der Waals surface area contributed by atoms with Crippen molar-refractivity contribution >= 4 is 28.9 Å². The number of likely N-dealkylation sites (N-methyl/N-ethyl adjacent to an activating group) is 1. The zero-order chi connectivity index (χ0) is 40.7. The van der Waals surface area contributed by atoms with E-state index in [0.29, 0.717) is 62.1 Å². The Labute approximate surface area is 338 Å². The second-order valence-electron chi connectivity index (χ2n) is 16.5. The minimum Gasteiger partial charge on any atom is -0.486 e. The minimum atomic E-state index is -1.08. The number of benzene rings is 1. The van der Waals surface area contributed by atoms with Crippen molar-refractivity contribution in [3.8, 4) is 24.1 Å². The summed E-state index contributed by atoms with van der Waals surface area (Å²) in [5, 5.41) is 10.9. The molecule has 308 valence electrons. The standard InChI is InChI=1S/C43H52F2N8O5/c1-6-34-35(45)12-10-28-17-33(54)23-52(39(28)34)32-18-36-40(57-25-32)41(49(5)22-31-9-8-14-51(31)38(55)7-2)48-42(47-36)58-26-43(4)19-29(44)21-53(43)30-11-13-37(46-20-30)50-15-16-56-24-27(50)3/h1,7,10-13,20,27,29,31-33,54H,2,8-9,14-19,21-26H2,3-5H3/t27-,29-,31+,32+,33+,43+/m1/s1. The van der Waals surface area contributed by atoms with Gasteiger partial charge >= 0.3 is 6.01 Å². The zero-order valence-corrected chi connectivity index (χ0v) is 33.4. The number of morpholine rings is 1. The number of nitrogens with zero attached hydrogens (tertiary/aromatic N) is 8. The molecular weight excluding hydrogens is 747 g/mol. The number of anilines is 4. The van der Waals surface area contributed by atoms with Gasteiger partial charge in [0.15, 0.2) is 11.6 Å². The summed E-state index contributed by atoms with van der Waals surface area (Å²) in [4.78, 5) is 37.2. The van der Waals surface area contributed by atoms with Crippen LogP contribution in [0.3, 0.4) is 0 Å². The van der Waals surface area contributed by atoms with Gasteiger partial charge in [0.2, 0.25) is 5.91 Å². The number of aliphatic hydroxyl groups excluding tert-OH is 1. The second kappa shape index (κ2) is 16.2. The van der Waals surface area contributed by atoms with Gasteiger partial charge in [0.05, 0.1) is 72.3 Å². The molecule has 2 aromatic heterocycles. The topological polar surface area (TPSA) is 120 Å². The fourth-order valence-corrected chi connectivity index (χ4v) is 9.40. The first-order valence-corrected chi connectivity index (χ1v) is 20.2. The van der Waals surface area contributed by atoms with Gasteiger partial charge in [-0.1, -0.05) is 18.6 Å². The molecule has 5 aliphatic heterocycles. The van der Waals surface area contributed by atoms with Gasteiger partial charge in [0.1, 0.15) is 31.0 Å². The van der Waals surface area contributed by atoms with Crippen LogP contribution < -0.4 is 29.1 Å². The van der Waals surface area contributed by atoms with Crippen molar-refractivity contribution in [2.24, 2.45) is 0 Å². The van der Waals surface area contributed by atoms with E-state index in [1.54, 1.807) is 12.3 Å². The highest BCUT2D eigenvalue weighted by atomic mass is 19.1. The van der Waals surface area contributed by atoms with Gasteiger partial charge in [-0.05, 0) is 56.5 Å². The molecule has 0 spiro atoms. The number of halogens is 2. The molecule has 58 heavy (non-hydrogen) atoms. The molecule has 7 heterocycles. The summed E-state index contributed by atoms with van der Waals surface area (Å²) < 4.78 is 49.0. The van der Waals surface area contributed by atoms with Crippen molar-refractivity contribution in [2.45, 2.75) is 81.9 Å². The molecule has 1 aromatic carbocycles. The first-order valence-electron chi connectivity index (χ1n) is 20.2. The molecule has 6 atom stereocenters. The molecule has 13 nitrogen and oxygen atoms in total. The predicted octanol–water partition coefficient (Wildman–Crippen LogP) is 3.94. The van der Waals surface area contributed by atoms with Gasteiger partial charge in [-0.3, -0.25) is 4.79 Å². The quantitative estimate of drug-likeness (QED) is 0.237. The van der Waals surface area contributed by atoms with E-state index in [2.05, 4.69) is 24.3 Å². The molecule has 3 fully saturated rings. The van der Waals surface area contributed by atoms with E-state index in [0.717, 1.165) is 36.5 Å². The van der Waals surface area contributed by atoms with E-state index in [9.17, 15) is 9.90 Å². The van der Waals surface area contributed by atoms with Crippen molar-refractivity contribution in [1.29, 1.82) is 0 Å². The number of β-amino-alcohol motifs (C(OH)–C–C–N with tert-alkyl or cyclic N) is 1. The van der Waals surface area contributed by atoms with Crippen LogP contribution in [-0.4, -0.2) is 133 Å². The Morgan fingerprint density at radius 1 is 1.19 bits per heavy atom. The number of aromatic nitrogens is 3. The van der Waals surface area contributed by atoms with Crippen LogP contribution in [0.5, 0.6) is 11.8 Å². The van der Waals surface area contributed by atoms with Gasteiger partial charge in [-0.15, -0.1) is 6.42 Å². The Morgan fingerprint density at radius 2 is 2.03 bits per heavy atom. The van der Waals surface area contributed by atoms with Gasteiger partial charge in [-0.25, -0.2) is 13.8 Å². The number of fused-ring (bicyclic) bond motifs is 2. The SMILES string of the molecule is C#Cc1c(F)ccc2c1N([C@@H]1COc3c(nc(OC[C@]4(C)C[C@@H](F)CN4c4ccc(N5CCOC[C@H]5C)nc4)nc3N(C)C[C@@H]3CCCN3C(=O)C=C)C1)C[C@@H](O)C2. The Balaban J connectivity index is 1.08. The molecule has 0 radical (unpaired) electrons. The summed E-state index contributed by atoms with van der Waals surface area (Å²) >= 11 is 0. The first kappa shape index (κ1) is 39.6. The Bertz CT molecular complexity index is 2070. The largest absolute Gasteiger partial charge is 0.486 e. The van der Waals surface area contributed by atoms with E-state index in [-0.39, 0.29) is 68.3 Å². The number of likely N-dealkylation sites (tertiary alicyclic amines) is 1. The molecule has 0 bridgehead atoms. The molecule has 1 N–H and O–H groups in total. The number of rotatable bonds is 10. The molecule has 1 amide bonds. The highest BCUT2D eigenvalue weighted by molar-refractivity contribution is 5.87. The number of terminal acetylenes is 1. The lowest BCUT2D eigenvalue weighted by Crippen LogP contribution is -2.50. The van der Waals surface area contributed by atoms with E-state index < -0.39 is 23.6 Å². The number of ether oxygens (including phenoxy) is 3. The smallest absolute Gasteiger partial charge is 0.318 e. The number of carbonyl (C=O) groups excluding carboxylic acids is 1. The van der Waals surface area contributed by atoms with Crippen LogP contribution in [0, 0.1) is 18.2 Å². The number of pyridine rings is 1. The summed E-state index contributed by atoms with van der Waals surface area (Å²) in [5.41, 5.74) is 2.11. The number of alkyl halides is 1. The summed E-state index contributed by atoms with van der Waals surface area (Å²) in [5.74, 6) is 3.75. The lowest BCUT2D eigenvalue weighted by molar-refractivity contribution is -0.126. The Morgan fingerprint density at radius 3 is 2.79 bits per heavy atom. The predicted molar refractivity (Wildman–Crippen MR) is 217 cm³/mol. The second-order valence-corrected chi connectivity index (χ2v) is 16.5. The van der Waals surface area contributed by atoms with E-state index in [1.807, 2.05) is 45.7 Å². The fraction of sp³-hybridized carbons (Fsp3) is 0.535. The van der Waals surface area contributed by atoms with Crippen LogP contribution >= 0.6 is 0 Å². The van der Waals surface area contributed by atoms with Gasteiger partial charge in [-0.2, -0.15) is 9.97 Å². The molecule has 0 unspecified atom stereocenters. The summed E-state index contributed by atoms with van der Waals surface area (Å²) in [6.07, 6.45) is 9.86. The van der Waals surface area contributed by atoms with E-state index in [1.165, 1.54) is 12.1 Å². The monoisotopic (exact) mass is 798 g/mol. The van der Waals surface area contributed by atoms with Crippen LogP contribution in [0.4, 0.5) is 31.8 Å². The third kappa shape index (κ3) is 7.59. The lowest BCUT2D eigenvalue weighted by atomic mass is 9.93. The van der Waals surface area contributed by atoms with Crippen molar-refractivity contribution in [3.05, 3.63) is 65.8 Å². The number of aliphatic hydroxyl groups is 1. The molecule has 0 saturated carbocycles. The van der Waals surface area contributed by atoms with Gasteiger partial charge in [0, 0.05) is 58.5 Å². The third-order valence-electron chi connectivity index (χ3n) is 12.3. The van der Waals surface area contributed by atoms with Crippen LogP contribution in [-0.2, 0) is 22.4 Å². The van der Waals surface area contributed by atoms with E-state index in [4.69, 9.17) is 35.6 Å². The molecule has 5 aliphatic rings. The average Bonchev–Trinajstić information content (AvgIpc) is 3.81. The molecule has 15 heteroatoms. The Kier molecular flexibility index (Phi) is 11.1. The lowest BCUT2D eigenvalue weighted by Gasteiger charge is -2.42. The molecule has 3 saturated heterocycles. The van der Waals surface area contributed by atoms with Crippen molar-refractivity contribution in [2.75, 3.05) is 85.8 Å². The first-order chi connectivity index (χ1) is 28.0. The van der Waals surface area contributed by atoms with Gasteiger partial charge in [0.25, 0.3) is 0 Å². The molecule has 0 aliphatic carbocycles. The number of amides is 1. The number of hydrogen-bond acceptors (Lipinski definition) is 12. The normalized spacial score (nSPS) is 26.7. The highest BCUT2D eigenvalue weighted by Gasteiger charge is 2.44. The molecule has 3 aromatic rings. The molecular formula is C43H52F2N8O5. The highest BCUT2D eigenvalue weighted by Crippen LogP contribution is 2.41. The van der Waals surface area contributed by atoms with Crippen LogP contribution in [0.1, 0.15) is 49.9 Å². The summed E-state index contributed by atoms with van der Waals surface area (Å²) in [7, 11) is 1.90. The van der Waals surface area contributed by atoms with Crippen LogP contribution in [0.15, 0.2) is 43.1 Å². The Hall–Kier alpha value is -5.20. The summed E-state index contributed by atoms with van der Waals surface area (Å²) in [6.45, 7) is 11.7. The maximum atomic E-state index is 15.3. The van der Waals surface area contributed by atoms with E-state index >= 15 is 8.78 Å². The van der Waals surface area contributed by atoms with Crippen molar-refractivity contribution < 1.29 is 32.9 Å². The maximum absolute atomic E-state index is 15.3. The third-order valence-corrected chi connectivity index (χ3v) is 12.3. The maximum Gasteiger partial charge on any atom is 0.318 e. The van der Waals surface area contributed by atoms with Crippen LogP contribution in [0.2, 0.25) is 0 Å². The summed E-state index contributed by atoms with van der Waals surface area (Å²) in [6, 6.07) is 6.86. The zero-order valence-electron chi connectivity index (χ0n) is 33.4. The molecule has 8 rings (SSSR count). The van der Waals surface area contributed by atoms with Crippen molar-refractivity contribution in [3.63, 3.8) is 0 Å². The van der Waals surface area contributed by atoms with Gasteiger partial charge < -0.3 is 43.8 Å².